The molecule has 3 aromatic rings. The molecule has 2 aromatic carbocycles. The number of carbonyl (C=O) groups excluding carboxylic acids is 1. The number of pyridine rings is 1. The van der Waals surface area contributed by atoms with Gasteiger partial charge in [0.1, 0.15) is 0 Å². The smallest absolute Gasteiger partial charge is 0.255 e. The van der Waals surface area contributed by atoms with Crippen LogP contribution >= 0.6 is 0 Å². The Bertz CT molecular complexity index is 982. The van der Waals surface area contributed by atoms with Crippen molar-refractivity contribution in [3.05, 3.63) is 83.6 Å². The van der Waals surface area contributed by atoms with Crippen LogP contribution in [0.1, 0.15) is 21.5 Å². The van der Waals surface area contributed by atoms with Gasteiger partial charge in [-0.15, -0.1) is 0 Å². The Labute approximate surface area is 165 Å². The minimum atomic E-state index is -0.133. The summed E-state index contributed by atoms with van der Waals surface area (Å²) >= 11 is 0. The number of anilines is 3. The Morgan fingerprint density at radius 2 is 1.75 bits per heavy atom. The number of rotatable bonds is 4. The largest absolute Gasteiger partial charge is 0.367 e. The van der Waals surface area contributed by atoms with Crippen molar-refractivity contribution < 1.29 is 4.79 Å². The van der Waals surface area contributed by atoms with E-state index in [1.165, 1.54) is 11.1 Å². The Hall–Kier alpha value is -3.34. The lowest BCUT2D eigenvalue weighted by atomic mass is 9.99. The van der Waals surface area contributed by atoms with E-state index in [1.54, 1.807) is 6.20 Å². The SMILES string of the molecule is CN(C)c1ncccc1NC(=O)c1ccc(N2CCc3ccccc3C2)cc1. The van der Waals surface area contributed by atoms with Gasteiger partial charge in [-0.05, 0) is 53.9 Å². The van der Waals surface area contributed by atoms with E-state index in [4.69, 9.17) is 0 Å². The second kappa shape index (κ2) is 7.72. The molecule has 0 fully saturated rings. The molecule has 2 heterocycles. The van der Waals surface area contributed by atoms with E-state index in [0.717, 1.165) is 31.0 Å². The van der Waals surface area contributed by atoms with Crippen LogP contribution < -0.4 is 15.1 Å². The lowest BCUT2D eigenvalue weighted by Crippen LogP contribution is -2.30. The quantitative estimate of drug-likeness (QED) is 0.753. The molecule has 1 N–H and O–H groups in total. The van der Waals surface area contributed by atoms with Crippen LogP contribution in [0.2, 0.25) is 0 Å². The topological polar surface area (TPSA) is 48.5 Å². The van der Waals surface area contributed by atoms with Gasteiger partial charge in [0.05, 0.1) is 5.69 Å². The maximum Gasteiger partial charge on any atom is 0.255 e. The van der Waals surface area contributed by atoms with Gasteiger partial charge in [-0.1, -0.05) is 24.3 Å². The third-order valence-corrected chi connectivity index (χ3v) is 5.08. The molecule has 0 aliphatic carbocycles. The maximum absolute atomic E-state index is 12.7. The van der Waals surface area contributed by atoms with E-state index in [0.29, 0.717) is 11.3 Å². The van der Waals surface area contributed by atoms with Gasteiger partial charge in [0, 0.05) is 44.6 Å². The van der Waals surface area contributed by atoms with Crippen molar-refractivity contribution in [2.45, 2.75) is 13.0 Å². The molecule has 0 saturated carbocycles. The first-order chi connectivity index (χ1) is 13.6. The summed E-state index contributed by atoms with van der Waals surface area (Å²) in [6.45, 7) is 1.90. The van der Waals surface area contributed by atoms with Crippen molar-refractivity contribution in [1.82, 2.24) is 4.98 Å². The normalized spacial score (nSPS) is 13.0. The molecule has 5 nitrogen and oxygen atoms in total. The highest BCUT2D eigenvalue weighted by molar-refractivity contribution is 6.05. The molecular weight excluding hydrogens is 348 g/mol. The summed E-state index contributed by atoms with van der Waals surface area (Å²) in [5, 5.41) is 2.96. The van der Waals surface area contributed by atoms with E-state index in [-0.39, 0.29) is 5.91 Å². The molecule has 1 aliphatic rings. The Morgan fingerprint density at radius 1 is 1.00 bits per heavy atom. The first-order valence-corrected chi connectivity index (χ1v) is 9.47. The van der Waals surface area contributed by atoms with E-state index >= 15 is 0 Å². The monoisotopic (exact) mass is 372 g/mol. The van der Waals surface area contributed by atoms with Crippen molar-refractivity contribution in [3.63, 3.8) is 0 Å². The summed E-state index contributed by atoms with van der Waals surface area (Å²) in [5.41, 5.74) is 5.29. The van der Waals surface area contributed by atoms with E-state index in [2.05, 4.69) is 39.5 Å². The molecule has 1 aromatic heterocycles. The molecule has 0 saturated heterocycles. The van der Waals surface area contributed by atoms with Gasteiger partial charge in [-0.2, -0.15) is 0 Å². The fraction of sp³-hybridized carbons (Fsp3) is 0.217. The molecule has 0 bridgehead atoms. The standard InChI is InChI=1S/C23H24N4O/c1-26(2)22-21(8-5-14-24-22)25-23(28)18-9-11-20(12-10-18)27-15-13-17-6-3-4-7-19(17)16-27/h3-12,14H,13,15-16H2,1-2H3,(H,25,28). The van der Waals surface area contributed by atoms with Crippen molar-refractivity contribution >= 4 is 23.1 Å². The summed E-state index contributed by atoms with van der Waals surface area (Å²) in [6, 6.07) is 20.1. The molecule has 0 atom stereocenters. The maximum atomic E-state index is 12.7. The van der Waals surface area contributed by atoms with Crippen LogP contribution in [-0.4, -0.2) is 31.5 Å². The zero-order chi connectivity index (χ0) is 19.5. The van der Waals surface area contributed by atoms with Crippen LogP contribution in [0, 0.1) is 0 Å². The average molecular weight is 372 g/mol. The van der Waals surface area contributed by atoms with Crippen LogP contribution in [0.3, 0.4) is 0 Å². The van der Waals surface area contributed by atoms with Crippen molar-refractivity contribution in [2.75, 3.05) is 35.8 Å². The molecule has 0 unspecified atom stereocenters. The van der Waals surface area contributed by atoms with Gasteiger partial charge >= 0.3 is 0 Å². The third-order valence-electron chi connectivity index (χ3n) is 5.08. The number of fused-ring (bicyclic) bond motifs is 1. The van der Waals surface area contributed by atoms with Gasteiger partial charge in [0.25, 0.3) is 5.91 Å². The number of carbonyl (C=O) groups is 1. The highest BCUT2D eigenvalue weighted by Crippen LogP contribution is 2.25. The number of nitrogens with one attached hydrogen (secondary N) is 1. The first kappa shape index (κ1) is 18.0. The first-order valence-electron chi connectivity index (χ1n) is 9.47. The fourth-order valence-electron chi connectivity index (χ4n) is 3.59. The molecule has 1 aliphatic heterocycles. The Balaban J connectivity index is 1.47. The van der Waals surface area contributed by atoms with Crippen LogP contribution in [0.15, 0.2) is 66.9 Å². The number of hydrogen-bond donors (Lipinski definition) is 1. The molecule has 0 radical (unpaired) electrons. The van der Waals surface area contributed by atoms with E-state index in [9.17, 15) is 4.79 Å². The van der Waals surface area contributed by atoms with Gasteiger partial charge in [0.2, 0.25) is 0 Å². The number of hydrogen-bond acceptors (Lipinski definition) is 4. The summed E-state index contributed by atoms with van der Waals surface area (Å²) in [6.07, 6.45) is 2.77. The van der Waals surface area contributed by atoms with Gasteiger partial charge in [-0.25, -0.2) is 4.98 Å². The van der Waals surface area contributed by atoms with Gasteiger partial charge < -0.3 is 15.1 Å². The van der Waals surface area contributed by atoms with E-state index < -0.39 is 0 Å². The highest BCUT2D eigenvalue weighted by Gasteiger charge is 2.17. The van der Waals surface area contributed by atoms with Gasteiger partial charge in [0.15, 0.2) is 5.82 Å². The predicted molar refractivity (Wildman–Crippen MR) is 114 cm³/mol. The molecule has 142 valence electrons. The second-order valence-corrected chi connectivity index (χ2v) is 7.21. The Morgan fingerprint density at radius 3 is 2.50 bits per heavy atom. The average Bonchev–Trinajstić information content (AvgIpc) is 2.73. The van der Waals surface area contributed by atoms with Gasteiger partial charge in [-0.3, -0.25) is 4.79 Å². The zero-order valence-corrected chi connectivity index (χ0v) is 16.2. The Kier molecular flexibility index (Phi) is 4.98. The third kappa shape index (κ3) is 3.69. The number of aromatic nitrogens is 1. The van der Waals surface area contributed by atoms with Crippen molar-refractivity contribution in [3.8, 4) is 0 Å². The lowest BCUT2D eigenvalue weighted by molar-refractivity contribution is 0.102. The molecule has 0 spiro atoms. The highest BCUT2D eigenvalue weighted by atomic mass is 16.1. The summed E-state index contributed by atoms with van der Waals surface area (Å²) < 4.78 is 0. The summed E-state index contributed by atoms with van der Waals surface area (Å²) in [4.78, 5) is 21.2. The second-order valence-electron chi connectivity index (χ2n) is 7.21. The minimum absolute atomic E-state index is 0.133. The molecular formula is C23H24N4O. The van der Waals surface area contributed by atoms with E-state index in [1.807, 2.05) is 55.4 Å². The molecule has 28 heavy (non-hydrogen) atoms. The predicted octanol–water partition coefficient (Wildman–Crippen LogP) is 3.96. The molecule has 1 amide bonds. The number of nitrogens with zero attached hydrogens (tertiary/aromatic N) is 3. The van der Waals surface area contributed by atoms with Crippen molar-refractivity contribution in [1.29, 1.82) is 0 Å². The van der Waals surface area contributed by atoms with Crippen LogP contribution in [-0.2, 0) is 13.0 Å². The van der Waals surface area contributed by atoms with Crippen LogP contribution in [0.25, 0.3) is 0 Å². The van der Waals surface area contributed by atoms with Crippen molar-refractivity contribution in [2.24, 2.45) is 0 Å². The zero-order valence-electron chi connectivity index (χ0n) is 16.2. The summed E-state index contributed by atoms with van der Waals surface area (Å²) in [5.74, 6) is 0.603. The molecule has 5 heteroatoms. The number of benzene rings is 2. The minimum Gasteiger partial charge on any atom is -0.367 e. The molecule has 4 rings (SSSR count). The van der Waals surface area contributed by atoms with Crippen LogP contribution in [0.5, 0.6) is 0 Å². The fourth-order valence-corrected chi connectivity index (χ4v) is 3.59. The number of amides is 1. The summed E-state index contributed by atoms with van der Waals surface area (Å²) in [7, 11) is 3.81. The lowest BCUT2D eigenvalue weighted by Gasteiger charge is -2.30. The van der Waals surface area contributed by atoms with Crippen LogP contribution in [0.4, 0.5) is 17.2 Å².